The van der Waals surface area contributed by atoms with Gasteiger partial charge in [0.25, 0.3) is 0 Å². The molecule has 7 heteroatoms. The molecular weight excluding hydrogens is 340 g/mol. The third-order valence-electron chi connectivity index (χ3n) is 4.38. The molecule has 2 heterocycles. The maximum absolute atomic E-state index is 5.96. The van der Waals surface area contributed by atoms with Gasteiger partial charge in [0.05, 0.1) is 6.04 Å². The van der Waals surface area contributed by atoms with Crippen molar-refractivity contribution in [3.05, 3.63) is 48.2 Å². The van der Waals surface area contributed by atoms with E-state index in [4.69, 9.17) is 4.42 Å². The summed E-state index contributed by atoms with van der Waals surface area (Å²) >= 11 is 0. The van der Waals surface area contributed by atoms with E-state index in [1.807, 2.05) is 18.2 Å². The molecule has 144 valence electrons. The first-order chi connectivity index (χ1) is 13.2. The number of rotatable bonds is 8. The van der Waals surface area contributed by atoms with Crippen LogP contribution in [0.4, 0.5) is 0 Å². The molecule has 0 spiro atoms. The summed E-state index contributed by atoms with van der Waals surface area (Å²) in [6, 6.07) is 10.1. The van der Waals surface area contributed by atoms with Crippen LogP contribution in [0.15, 0.2) is 46.1 Å². The normalized spacial score (nSPS) is 13.1. The number of hydrogen-bond acceptors (Lipinski definition) is 4. The second-order valence-electron chi connectivity index (χ2n) is 6.50. The van der Waals surface area contributed by atoms with E-state index in [0.29, 0.717) is 0 Å². The zero-order chi connectivity index (χ0) is 19.1. The van der Waals surface area contributed by atoms with Crippen LogP contribution in [-0.4, -0.2) is 33.8 Å². The predicted molar refractivity (Wildman–Crippen MR) is 108 cm³/mol. The van der Waals surface area contributed by atoms with Gasteiger partial charge in [-0.1, -0.05) is 32.0 Å². The van der Waals surface area contributed by atoms with Crippen LogP contribution in [0.3, 0.4) is 0 Å². The SMILES string of the molecule is CCCN=C(NCCn1cnnc1CC)NC(C)c1cc2ccccc2o1. The number of nitrogens with zero attached hydrogens (tertiary/aromatic N) is 4. The maximum atomic E-state index is 5.96. The fourth-order valence-corrected chi connectivity index (χ4v) is 2.90. The number of nitrogens with one attached hydrogen (secondary N) is 2. The molecule has 3 aromatic rings. The monoisotopic (exact) mass is 368 g/mol. The van der Waals surface area contributed by atoms with E-state index in [1.165, 1.54) is 0 Å². The Kier molecular flexibility index (Phi) is 6.46. The summed E-state index contributed by atoms with van der Waals surface area (Å²) in [4.78, 5) is 4.64. The number of hydrogen-bond donors (Lipinski definition) is 2. The number of benzene rings is 1. The third-order valence-corrected chi connectivity index (χ3v) is 4.38. The van der Waals surface area contributed by atoms with Crippen molar-refractivity contribution in [3.8, 4) is 0 Å². The minimum absolute atomic E-state index is 0.0154. The topological polar surface area (TPSA) is 80.3 Å². The van der Waals surface area contributed by atoms with Crippen LogP contribution in [0.25, 0.3) is 11.0 Å². The van der Waals surface area contributed by atoms with E-state index in [0.717, 1.165) is 61.0 Å². The van der Waals surface area contributed by atoms with Crippen molar-refractivity contribution in [2.45, 2.75) is 46.2 Å². The van der Waals surface area contributed by atoms with Gasteiger partial charge in [-0.05, 0) is 25.5 Å². The van der Waals surface area contributed by atoms with Gasteiger partial charge in [-0.2, -0.15) is 0 Å². The van der Waals surface area contributed by atoms with Gasteiger partial charge in [0, 0.05) is 31.4 Å². The summed E-state index contributed by atoms with van der Waals surface area (Å²) in [5.41, 5.74) is 0.904. The van der Waals surface area contributed by atoms with E-state index >= 15 is 0 Å². The zero-order valence-corrected chi connectivity index (χ0v) is 16.3. The fraction of sp³-hybridized carbons (Fsp3) is 0.450. The lowest BCUT2D eigenvalue weighted by molar-refractivity contribution is 0.487. The standard InChI is InChI=1S/C20H28N6O/c1-4-10-21-20(22-11-12-26-14-23-25-19(26)5-2)24-15(3)18-13-16-8-6-7-9-17(16)27-18/h6-9,13-15H,4-5,10-12H2,1-3H3,(H2,21,22,24). The number of guanidine groups is 1. The molecule has 0 aliphatic carbocycles. The lowest BCUT2D eigenvalue weighted by Crippen LogP contribution is -2.40. The molecule has 0 saturated carbocycles. The summed E-state index contributed by atoms with van der Waals surface area (Å²) in [6.45, 7) is 8.59. The van der Waals surface area contributed by atoms with Crippen molar-refractivity contribution in [3.63, 3.8) is 0 Å². The summed E-state index contributed by atoms with van der Waals surface area (Å²) < 4.78 is 8.03. The molecule has 3 rings (SSSR count). The van der Waals surface area contributed by atoms with E-state index in [9.17, 15) is 0 Å². The van der Waals surface area contributed by atoms with Gasteiger partial charge < -0.3 is 19.6 Å². The molecule has 2 N–H and O–H groups in total. The lowest BCUT2D eigenvalue weighted by atomic mass is 10.2. The van der Waals surface area contributed by atoms with Gasteiger partial charge in [-0.3, -0.25) is 4.99 Å². The third kappa shape index (κ3) is 4.87. The first kappa shape index (κ1) is 18.9. The summed E-state index contributed by atoms with van der Waals surface area (Å²) in [6.07, 6.45) is 3.64. The van der Waals surface area contributed by atoms with E-state index < -0.39 is 0 Å². The van der Waals surface area contributed by atoms with Crippen molar-refractivity contribution in [1.29, 1.82) is 0 Å². The Morgan fingerprint density at radius 1 is 1.30 bits per heavy atom. The highest BCUT2D eigenvalue weighted by Crippen LogP contribution is 2.23. The molecule has 0 aliphatic rings. The van der Waals surface area contributed by atoms with Crippen LogP contribution < -0.4 is 10.6 Å². The Morgan fingerprint density at radius 3 is 2.93 bits per heavy atom. The maximum Gasteiger partial charge on any atom is 0.191 e. The Bertz CT molecular complexity index is 848. The molecule has 1 atom stereocenters. The molecule has 0 radical (unpaired) electrons. The first-order valence-corrected chi connectivity index (χ1v) is 9.61. The number of aryl methyl sites for hydroxylation is 1. The van der Waals surface area contributed by atoms with Gasteiger partial charge in [0.15, 0.2) is 5.96 Å². The van der Waals surface area contributed by atoms with Crippen molar-refractivity contribution >= 4 is 16.9 Å². The van der Waals surface area contributed by atoms with Gasteiger partial charge in [0.2, 0.25) is 0 Å². The quantitative estimate of drug-likeness (QED) is 0.471. The largest absolute Gasteiger partial charge is 0.459 e. The average molecular weight is 368 g/mol. The Labute approximate surface area is 159 Å². The van der Waals surface area contributed by atoms with Crippen LogP contribution >= 0.6 is 0 Å². The number of aromatic nitrogens is 3. The summed E-state index contributed by atoms with van der Waals surface area (Å²) in [7, 11) is 0. The molecule has 0 aliphatic heterocycles. The Morgan fingerprint density at radius 2 is 2.15 bits per heavy atom. The molecule has 7 nitrogen and oxygen atoms in total. The number of aliphatic imine (C=N–C) groups is 1. The van der Waals surface area contributed by atoms with Crippen molar-refractivity contribution in [2.75, 3.05) is 13.1 Å². The molecule has 1 unspecified atom stereocenters. The molecule has 0 bridgehead atoms. The molecule has 1 aromatic carbocycles. The smallest absolute Gasteiger partial charge is 0.191 e. The van der Waals surface area contributed by atoms with Crippen LogP contribution in [0.5, 0.6) is 0 Å². The minimum atomic E-state index is 0.0154. The number of furan rings is 1. The van der Waals surface area contributed by atoms with Crippen molar-refractivity contribution in [2.24, 2.45) is 4.99 Å². The second kappa shape index (κ2) is 9.21. The van der Waals surface area contributed by atoms with E-state index in [2.05, 4.69) is 63.3 Å². The predicted octanol–water partition coefficient (Wildman–Crippen LogP) is 3.29. The molecule has 2 aromatic heterocycles. The van der Waals surface area contributed by atoms with Gasteiger partial charge in [0.1, 0.15) is 23.5 Å². The lowest BCUT2D eigenvalue weighted by Gasteiger charge is -2.17. The van der Waals surface area contributed by atoms with Gasteiger partial charge in [-0.25, -0.2) is 0 Å². The molecular formula is C20H28N6O. The number of para-hydroxylation sites is 1. The summed E-state index contributed by atoms with van der Waals surface area (Å²) in [5, 5.41) is 16.0. The average Bonchev–Trinajstić information content (AvgIpc) is 3.32. The minimum Gasteiger partial charge on any atom is -0.459 e. The second-order valence-corrected chi connectivity index (χ2v) is 6.50. The van der Waals surface area contributed by atoms with Crippen LogP contribution in [-0.2, 0) is 13.0 Å². The van der Waals surface area contributed by atoms with E-state index in [-0.39, 0.29) is 6.04 Å². The van der Waals surface area contributed by atoms with Crippen molar-refractivity contribution < 1.29 is 4.42 Å². The van der Waals surface area contributed by atoms with Crippen molar-refractivity contribution in [1.82, 2.24) is 25.4 Å². The number of fused-ring (bicyclic) bond motifs is 1. The Balaban J connectivity index is 1.61. The fourth-order valence-electron chi connectivity index (χ4n) is 2.90. The highest BCUT2D eigenvalue weighted by atomic mass is 16.3. The molecule has 0 amide bonds. The highest BCUT2D eigenvalue weighted by Gasteiger charge is 2.13. The molecule has 0 saturated heterocycles. The first-order valence-electron chi connectivity index (χ1n) is 9.61. The van der Waals surface area contributed by atoms with Crippen LogP contribution in [0.1, 0.15) is 44.8 Å². The van der Waals surface area contributed by atoms with Gasteiger partial charge >= 0.3 is 0 Å². The van der Waals surface area contributed by atoms with Crippen LogP contribution in [0, 0.1) is 0 Å². The van der Waals surface area contributed by atoms with Gasteiger partial charge in [-0.15, -0.1) is 10.2 Å². The van der Waals surface area contributed by atoms with E-state index in [1.54, 1.807) is 6.33 Å². The zero-order valence-electron chi connectivity index (χ0n) is 16.3. The highest BCUT2D eigenvalue weighted by molar-refractivity contribution is 5.81. The Hall–Kier alpha value is -2.83. The molecule has 0 fully saturated rings. The molecule has 27 heavy (non-hydrogen) atoms. The van der Waals surface area contributed by atoms with Crippen LogP contribution in [0.2, 0.25) is 0 Å². The summed E-state index contributed by atoms with van der Waals surface area (Å²) in [5.74, 6) is 2.68.